The number of phenolic OH excluding ortho intramolecular Hbond substituents is 1. The molecule has 6 rings (SSSR count). The van der Waals surface area contributed by atoms with Gasteiger partial charge in [-0.15, -0.1) is 0 Å². The quantitative estimate of drug-likeness (QED) is 0.213. The maximum absolute atomic E-state index is 16.6. The molecule has 14 heteroatoms. The van der Waals surface area contributed by atoms with Crippen LogP contribution in [-0.2, 0) is 15.5 Å². The van der Waals surface area contributed by atoms with Crippen LogP contribution in [0.3, 0.4) is 0 Å². The van der Waals surface area contributed by atoms with Crippen molar-refractivity contribution in [2.24, 2.45) is 0 Å². The van der Waals surface area contributed by atoms with E-state index in [2.05, 4.69) is 19.9 Å². The molecule has 0 radical (unpaired) electrons. The van der Waals surface area contributed by atoms with E-state index in [9.17, 15) is 22.3 Å². The molecule has 0 spiro atoms. The molecule has 0 bridgehead atoms. The zero-order valence-electron chi connectivity index (χ0n) is 24.9. The summed E-state index contributed by atoms with van der Waals surface area (Å²) in [5, 5.41) is 11.7. The minimum atomic E-state index is -3.72. The molecule has 2 atom stereocenters. The summed E-state index contributed by atoms with van der Waals surface area (Å²) in [4.78, 5) is 17.1. The number of aryl methyl sites for hydroxylation is 1. The van der Waals surface area contributed by atoms with Gasteiger partial charge in [-0.3, -0.25) is 9.88 Å². The maximum atomic E-state index is 16.6. The summed E-state index contributed by atoms with van der Waals surface area (Å²) in [6.45, 7) is 3.21. The molecular weight excluding hydrogens is 631 g/mol. The van der Waals surface area contributed by atoms with Crippen molar-refractivity contribution in [1.82, 2.24) is 19.9 Å². The average Bonchev–Trinajstić information content (AvgIpc) is 3.51. The monoisotopic (exact) mass is 663 g/mol. The fourth-order valence-electron chi connectivity index (χ4n) is 6.82. The van der Waals surface area contributed by atoms with Crippen LogP contribution < -0.4 is 9.64 Å². The molecule has 2 aliphatic heterocycles. The van der Waals surface area contributed by atoms with Crippen molar-refractivity contribution < 1.29 is 31.4 Å². The molecule has 2 fully saturated rings. The number of anilines is 1. The van der Waals surface area contributed by atoms with Gasteiger partial charge in [0.1, 0.15) is 41.4 Å². The van der Waals surface area contributed by atoms with Gasteiger partial charge in [0.15, 0.2) is 5.82 Å². The number of aromatic hydroxyl groups is 1. The van der Waals surface area contributed by atoms with E-state index in [1.807, 2.05) is 0 Å². The number of aromatic nitrogens is 3. The molecule has 4 aromatic rings. The highest BCUT2D eigenvalue weighted by atomic mass is 35.7. The Bertz CT molecular complexity index is 1900. The van der Waals surface area contributed by atoms with Crippen molar-refractivity contribution in [2.45, 2.75) is 50.7 Å². The fourth-order valence-corrected chi connectivity index (χ4v) is 7.63. The van der Waals surface area contributed by atoms with E-state index in [0.717, 1.165) is 19.4 Å². The predicted molar refractivity (Wildman–Crippen MR) is 167 cm³/mol. The van der Waals surface area contributed by atoms with Gasteiger partial charge in [-0.05, 0) is 66.8 Å². The highest BCUT2D eigenvalue weighted by Crippen LogP contribution is 2.41. The number of hydrogen-bond donors (Lipinski definition) is 1. The Kier molecular flexibility index (Phi) is 8.46. The SMILES string of the molecule is CCc1c(F)ccc2cc(O)cc(-c3ncc4c(N(C)CCCS(=O)(=O)Cl)nc(OC[C@@]56CCCN5C[C@H](F)C6)nc4c3F)c12. The van der Waals surface area contributed by atoms with Crippen molar-refractivity contribution in [3.05, 3.63) is 47.7 Å². The fraction of sp³-hybridized carbons (Fsp3) is 0.452. The molecule has 0 amide bonds. The van der Waals surface area contributed by atoms with E-state index in [1.54, 1.807) is 18.9 Å². The minimum absolute atomic E-state index is 0.114. The first-order valence-electron chi connectivity index (χ1n) is 14.9. The lowest BCUT2D eigenvalue weighted by Crippen LogP contribution is -2.43. The normalized spacial score (nSPS) is 20.3. The Hall–Kier alpha value is -3.42. The second-order valence-electron chi connectivity index (χ2n) is 11.9. The lowest BCUT2D eigenvalue weighted by atomic mass is 9.94. The Morgan fingerprint density at radius 1 is 1.24 bits per heavy atom. The van der Waals surface area contributed by atoms with Crippen LogP contribution in [0.5, 0.6) is 11.8 Å². The first-order valence-corrected chi connectivity index (χ1v) is 17.3. The van der Waals surface area contributed by atoms with Gasteiger partial charge in [0, 0.05) is 49.0 Å². The number of halogens is 4. The Labute approximate surface area is 263 Å². The summed E-state index contributed by atoms with van der Waals surface area (Å²) < 4.78 is 75.0. The van der Waals surface area contributed by atoms with E-state index in [0.29, 0.717) is 35.7 Å². The molecule has 0 unspecified atom stereocenters. The van der Waals surface area contributed by atoms with Crippen LogP contribution in [0.1, 0.15) is 38.2 Å². The summed E-state index contributed by atoms with van der Waals surface area (Å²) >= 11 is 0. The summed E-state index contributed by atoms with van der Waals surface area (Å²) in [5.74, 6) is -1.46. The molecule has 0 aliphatic carbocycles. The summed E-state index contributed by atoms with van der Waals surface area (Å²) in [6, 6.07) is 5.52. The third kappa shape index (κ3) is 6.09. The van der Waals surface area contributed by atoms with Gasteiger partial charge in [0.25, 0.3) is 0 Å². The van der Waals surface area contributed by atoms with Gasteiger partial charge in [-0.1, -0.05) is 13.0 Å². The largest absolute Gasteiger partial charge is 0.508 e. The molecule has 45 heavy (non-hydrogen) atoms. The minimum Gasteiger partial charge on any atom is -0.508 e. The Balaban J connectivity index is 1.47. The van der Waals surface area contributed by atoms with Crippen LogP contribution in [0.15, 0.2) is 30.5 Å². The summed E-state index contributed by atoms with van der Waals surface area (Å²) in [5.41, 5.74) is -0.218. The Morgan fingerprint density at radius 2 is 2.04 bits per heavy atom. The number of phenols is 1. The van der Waals surface area contributed by atoms with Crippen LogP contribution in [0.2, 0.25) is 0 Å². The van der Waals surface area contributed by atoms with Gasteiger partial charge >= 0.3 is 6.01 Å². The Morgan fingerprint density at radius 3 is 2.80 bits per heavy atom. The van der Waals surface area contributed by atoms with Crippen LogP contribution in [0.25, 0.3) is 32.9 Å². The van der Waals surface area contributed by atoms with Gasteiger partial charge in [-0.25, -0.2) is 21.6 Å². The van der Waals surface area contributed by atoms with Crippen molar-refractivity contribution >= 4 is 47.2 Å². The lowest BCUT2D eigenvalue weighted by Gasteiger charge is -2.31. The third-order valence-corrected chi connectivity index (χ3v) is 10.1. The molecule has 1 N–H and O–H groups in total. The highest BCUT2D eigenvalue weighted by Gasteiger charge is 2.49. The van der Waals surface area contributed by atoms with Crippen LogP contribution in [-0.4, -0.2) is 84.1 Å². The number of ether oxygens (including phenoxy) is 1. The van der Waals surface area contributed by atoms with Crippen LogP contribution >= 0.6 is 10.7 Å². The molecule has 4 heterocycles. The third-order valence-electron chi connectivity index (χ3n) is 8.88. The van der Waals surface area contributed by atoms with Crippen molar-refractivity contribution in [2.75, 3.05) is 43.9 Å². The molecule has 240 valence electrons. The van der Waals surface area contributed by atoms with E-state index in [1.165, 1.54) is 30.5 Å². The number of hydrogen-bond acceptors (Lipinski definition) is 9. The standard InChI is InChI=1S/C31H33ClF3N5O4S/c1-3-21-24(34)7-6-18-12-20(41)13-22(25(18)21)27-26(35)28-23(15-36-27)29(39(2)9-5-11-45(32,42)43)38-30(37-28)44-17-31-8-4-10-40(31)16-19(33)14-31/h6-7,12-13,15,19,41H,3-5,8-11,14,16-17H2,1-2H3/t19-,31+/m1/s1. The second kappa shape index (κ2) is 12.1. The highest BCUT2D eigenvalue weighted by molar-refractivity contribution is 8.13. The van der Waals surface area contributed by atoms with Gasteiger partial charge in [0.05, 0.1) is 16.7 Å². The zero-order valence-corrected chi connectivity index (χ0v) is 26.4. The topological polar surface area (TPSA) is 109 Å². The van der Waals surface area contributed by atoms with Crippen LogP contribution in [0.4, 0.5) is 19.0 Å². The average molecular weight is 664 g/mol. The first kappa shape index (κ1) is 31.6. The van der Waals surface area contributed by atoms with Gasteiger partial charge in [0.2, 0.25) is 9.05 Å². The number of alkyl halides is 1. The van der Waals surface area contributed by atoms with Crippen molar-refractivity contribution in [1.29, 1.82) is 0 Å². The molecule has 2 saturated heterocycles. The van der Waals surface area contributed by atoms with Gasteiger partial charge in [-0.2, -0.15) is 9.97 Å². The van der Waals surface area contributed by atoms with E-state index < -0.39 is 32.4 Å². The molecule has 0 saturated carbocycles. The number of rotatable bonds is 10. The second-order valence-corrected chi connectivity index (χ2v) is 14.8. The molecular formula is C31H33ClF3N5O4S. The molecule has 2 aromatic heterocycles. The number of benzene rings is 2. The zero-order chi connectivity index (χ0) is 32.1. The predicted octanol–water partition coefficient (Wildman–Crippen LogP) is 5.74. The van der Waals surface area contributed by atoms with Crippen molar-refractivity contribution in [3.8, 4) is 23.0 Å². The maximum Gasteiger partial charge on any atom is 0.319 e. The van der Waals surface area contributed by atoms with Crippen LogP contribution in [0, 0.1) is 11.6 Å². The molecule has 9 nitrogen and oxygen atoms in total. The number of fused-ring (bicyclic) bond motifs is 3. The van der Waals surface area contributed by atoms with Gasteiger partial charge < -0.3 is 14.7 Å². The van der Waals surface area contributed by atoms with Crippen molar-refractivity contribution in [3.63, 3.8) is 0 Å². The first-order chi connectivity index (χ1) is 21.4. The molecule has 2 aromatic carbocycles. The van der Waals surface area contributed by atoms with E-state index in [4.69, 9.17) is 15.4 Å². The summed E-state index contributed by atoms with van der Waals surface area (Å²) in [7, 11) is 3.34. The number of nitrogens with zero attached hydrogens (tertiary/aromatic N) is 5. The smallest absolute Gasteiger partial charge is 0.319 e. The molecule has 2 aliphatic rings. The van der Waals surface area contributed by atoms with E-state index in [-0.39, 0.29) is 65.1 Å². The summed E-state index contributed by atoms with van der Waals surface area (Å²) in [6.07, 6.45) is 2.91. The van der Waals surface area contributed by atoms with E-state index >= 15 is 4.39 Å². The number of pyridine rings is 1. The lowest BCUT2D eigenvalue weighted by molar-refractivity contribution is 0.107.